The zero-order valence-electron chi connectivity index (χ0n) is 9.96. The maximum absolute atomic E-state index is 5.55. The fourth-order valence-corrected chi connectivity index (χ4v) is 2.32. The molecule has 2 heterocycles. The second kappa shape index (κ2) is 5.88. The smallest absolute Gasteiger partial charge is 0.122 e. The Balaban J connectivity index is 1.98. The molecular formula is C12H14N4S2. The Bertz CT molecular complexity index is 525. The van der Waals surface area contributed by atoms with Crippen molar-refractivity contribution in [2.24, 2.45) is 5.73 Å². The van der Waals surface area contributed by atoms with Gasteiger partial charge in [0.25, 0.3) is 0 Å². The highest BCUT2D eigenvalue weighted by molar-refractivity contribution is 7.80. The lowest BCUT2D eigenvalue weighted by Crippen LogP contribution is -2.13. The Morgan fingerprint density at radius 3 is 3.00 bits per heavy atom. The topological polar surface area (TPSA) is 63.8 Å². The average Bonchev–Trinajstić information content (AvgIpc) is 2.90. The largest absolute Gasteiger partial charge is 0.388 e. The summed E-state index contributed by atoms with van der Waals surface area (Å²) in [6, 6.07) is 3.76. The van der Waals surface area contributed by atoms with Gasteiger partial charge in [0.1, 0.15) is 4.99 Å². The SMILES string of the molecule is CC(CNc1ccnc(C(N)=S)c1)c1nccs1. The van der Waals surface area contributed by atoms with Crippen LogP contribution in [0.3, 0.4) is 0 Å². The van der Waals surface area contributed by atoms with Crippen molar-refractivity contribution in [2.75, 3.05) is 11.9 Å². The van der Waals surface area contributed by atoms with Crippen LogP contribution in [0.1, 0.15) is 23.5 Å². The summed E-state index contributed by atoms with van der Waals surface area (Å²) in [7, 11) is 0. The average molecular weight is 278 g/mol. The Morgan fingerprint density at radius 2 is 2.33 bits per heavy atom. The van der Waals surface area contributed by atoms with Gasteiger partial charge < -0.3 is 11.1 Å². The van der Waals surface area contributed by atoms with E-state index < -0.39 is 0 Å². The van der Waals surface area contributed by atoms with Gasteiger partial charge in [-0.1, -0.05) is 19.1 Å². The summed E-state index contributed by atoms with van der Waals surface area (Å²) in [4.78, 5) is 8.71. The first-order valence-electron chi connectivity index (χ1n) is 5.56. The molecule has 1 atom stereocenters. The lowest BCUT2D eigenvalue weighted by molar-refractivity contribution is 0.795. The maximum Gasteiger partial charge on any atom is 0.122 e. The Morgan fingerprint density at radius 1 is 1.50 bits per heavy atom. The summed E-state index contributed by atoms with van der Waals surface area (Å²) in [5.41, 5.74) is 7.15. The van der Waals surface area contributed by atoms with Gasteiger partial charge in [0.15, 0.2) is 0 Å². The minimum atomic E-state index is 0.312. The van der Waals surface area contributed by atoms with Crippen LogP contribution in [-0.4, -0.2) is 21.5 Å². The molecule has 0 bridgehead atoms. The standard InChI is InChI=1S/C12H14N4S2/c1-8(12-15-4-5-18-12)7-16-9-2-3-14-10(6-9)11(13)17/h2-6,8H,7H2,1H3,(H2,13,17)(H,14,16). The molecule has 0 aliphatic carbocycles. The maximum atomic E-state index is 5.55. The third kappa shape index (κ3) is 3.24. The van der Waals surface area contributed by atoms with Crippen LogP contribution in [0.5, 0.6) is 0 Å². The molecular weight excluding hydrogens is 264 g/mol. The van der Waals surface area contributed by atoms with Gasteiger partial charge in [-0.3, -0.25) is 4.98 Å². The lowest BCUT2D eigenvalue weighted by Gasteiger charge is -2.11. The van der Waals surface area contributed by atoms with Gasteiger partial charge in [0.05, 0.1) is 10.7 Å². The molecule has 0 amide bonds. The Hall–Kier alpha value is -1.53. The van der Waals surface area contributed by atoms with Crippen LogP contribution in [0.2, 0.25) is 0 Å². The van der Waals surface area contributed by atoms with Gasteiger partial charge in [0, 0.05) is 35.9 Å². The van der Waals surface area contributed by atoms with E-state index in [2.05, 4.69) is 22.2 Å². The highest BCUT2D eigenvalue weighted by atomic mass is 32.1. The summed E-state index contributed by atoms with van der Waals surface area (Å²) in [5, 5.41) is 6.46. The number of thiazole rings is 1. The van der Waals surface area contributed by atoms with Gasteiger partial charge >= 0.3 is 0 Å². The summed E-state index contributed by atoms with van der Waals surface area (Å²) in [5.74, 6) is 0.367. The van der Waals surface area contributed by atoms with Crippen molar-refractivity contribution in [3.63, 3.8) is 0 Å². The number of rotatable bonds is 5. The summed E-state index contributed by atoms with van der Waals surface area (Å²) >= 11 is 6.57. The molecule has 0 spiro atoms. The number of aromatic nitrogens is 2. The van der Waals surface area contributed by atoms with Crippen molar-refractivity contribution >= 4 is 34.2 Å². The quantitative estimate of drug-likeness (QED) is 0.822. The molecule has 0 aromatic carbocycles. The van der Waals surface area contributed by atoms with Gasteiger partial charge in [0.2, 0.25) is 0 Å². The first-order valence-corrected chi connectivity index (χ1v) is 6.84. The molecule has 2 aromatic rings. The molecule has 0 fully saturated rings. The van der Waals surface area contributed by atoms with Gasteiger partial charge in [-0.05, 0) is 12.1 Å². The van der Waals surface area contributed by atoms with Gasteiger partial charge in [-0.25, -0.2) is 4.98 Å². The van der Waals surface area contributed by atoms with E-state index in [0.29, 0.717) is 16.6 Å². The van der Waals surface area contributed by atoms with Crippen molar-refractivity contribution in [1.29, 1.82) is 0 Å². The molecule has 0 aliphatic rings. The van der Waals surface area contributed by atoms with Crippen molar-refractivity contribution in [3.05, 3.63) is 40.6 Å². The van der Waals surface area contributed by atoms with E-state index in [9.17, 15) is 0 Å². The van der Waals surface area contributed by atoms with Crippen LogP contribution in [0.25, 0.3) is 0 Å². The molecule has 4 nitrogen and oxygen atoms in total. The van der Waals surface area contributed by atoms with Gasteiger partial charge in [-0.2, -0.15) is 0 Å². The second-order valence-corrected chi connectivity index (χ2v) is 5.31. The molecule has 2 rings (SSSR count). The van der Waals surface area contributed by atoms with Crippen LogP contribution in [-0.2, 0) is 0 Å². The molecule has 3 N–H and O–H groups in total. The molecule has 0 saturated carbocycles. The van der Waals surface area contributed by atoms with Crippen molar-refractivity contribution in [3.8, 4) is 0 Å². The third-order valence-electron chi connectivity index (χ3n) is 2.50. The predicted molar refractivity (Wildman–Crippen MR) is 79.1 cm³/mol. The fraction of sp³-hybridized carbons (Fsp3) is 0.250. The number of hydrogen-bond acceptors (Lipinski definition) is 5. The molecule has 6 heteroatoms. The number of nitrogens with zero attached hydrogens (tertiary/aromatic N) is 2. The predicted octanol–water partition coefficient (Wildman–Crippen LogP) is 2.39. The number of nitrogens with one attached hydrogen (secondary N) is 1. The second-order valence-electron chi connectivity index (χ2n) is 3.95. The van der Waals surface area contributed by atoms with E-state index in [0.717, 1.165) is 17.2 Å². The molecule has 0 radical (unpaired) electrons. The molecule has 18 heavy (non-hydrogen) atoms. The van der Waals surface area contributed by atoms with E-state index in [1.807, 2.05) is 23.7 Å². The fourth-order valence-electron chi connectivity index (χ4n) is 1.51. The van der Waals surface area contributed by atoms with E-state index >= 15 is 0 Å². The van der Waals surface area contributed by atoms with E-state index in [1.54, 1.807) is 17.5 Å². The number of pyridine rings is 1. The normalized spacial score (nSPS) is 12.1. The molecule has 0 aliphatic heterocycles. The number of anilines is 1. The summed E-state index contributed by atoms with van der Waals surface area (Å²) in [6.07, 6.45) is 3.53. The van der Waals surface area contributed by atoms with Crippen LogP contribution >= 0.6 is 23.6 Å². The van der Waals surface area contributed by atoms with Crippen molar-refractivity contribution < 1.29 is 0 Å². The lowest BCUT2D eigenvalue weighted by atomic mass is 10.2. The van der Waals surface area contributed by atoms with E-state index in [-0.39, 0.29) is 0 Å². The number of thiocarbonyl (C=S) groups is 1. The van der Waals surface area contributed by atoms with Crippen LogP contribution in [0.15, 0.2) is 29.9 Å². The molecule has 0 saturated heterocycles. The van der Waals surface area contributed by atoms with Crippen molar-refractivity contribution in [2.45, 2.75) is 12.8 Å². The van der Waals surface area contributed by atoms with Crippen molar-refractivity contribution in [1.82, 2.24) is 9.97 Å². The molecule has 94 valence electrons. The summed E-state index contributed by atoms with van der Waals surface area (Å²) < 4.78 is 0. The van der Waals surface area contributed by atoms with Crippen LogP contribution in [0.4, 0.5) is 5.69 Å². The first-order chi connectivity index (χ1) is 8.66. The van der Waals surface area contributed by atoms with E-state index in [1.165, 1.54) is 0 Å². The van der Waals surface area contributed by atoms with Crippen LogP contribution < -0.4 is 11.1 Å². The highest BCUT2D eigenvalue weighted by Crippen LogP contribution is 2.18. The van der Waals surface area contributed by atoms with Gasteiger partial charge in [-0.15, -0.1) is 11.3 Å². The minimum absolute atomic E-state index is 0.312. The minimum Gasteiger partial charge on any atom is -0.388 e. The van der Waals surface area contributed by atoms with Crippen LogP contribution in [0, 0.1) is 0 Å². The zero-order valence-corrected chi connectivity index (χ0v) is 11.6. The molecule has 1 unspecified atom stereocenters. The Kier molecular flexibility index (Phi) is 4.22. The summed E-state index contributed by atoms with van der Waals surface area (Å²) in [6.45, 7) is 2.95. The van der Waals surface area contributed by atoms with E-state index in [4.69, 9.17) is 18.0 Å². The zero-order chi connectivity index (χ0) is 13.0. The highest BCUT2D eigenvalue weighted by Gasteiger charge is 2.08. The monoisotopic (exact) mass is 278 g/mol. The first kappa shape index (κ1) is 12.9. The third-order valence-corrected chi connectivity index (χ3v) is 3.71. The molecule has 2 aromatic heterocycles. The number of nitrogens with two attached hydrogens (primary N) is 1. The number of hydrogen-bond donors (Lipinski definition) is 2. The Labute approximate surface area is 115 Å².